The van der Waals surface area contributed by atoms with Gasteiger partial charge < -0.3 is 25.1 Å². The van der Waals surface area contributed by atoms with Gasteiger partial charge in [0.15, 0.2) is 17.4 Å². The molecule has 0 aliphatic carbocycles. The number of ether oxygens (including phenoxy) is 2. The second-order valence-electron chi connectivity index (χ2n) is 12.1. The van der Waals surface area contributed by atoms with Crippen molar-refractivity contribution in [3.05, 3.63) is 94.8 Å². The molecule has 2 fully saturated rings. The van der Waals surface area contributed by atoms with Crippen molar-refractivity contribution in [3.8, 4) is 17.2 Å². The number of fused-ring (bicyclic) bond motifs is 1. The number of aromatic nitrogens is 3. The van der Waals surface area contributed by atoms with Gasteiger partial charge in [-0.25, -0.2) is 13.5 Å². The van der Waals surface area contributed by atoms with E-state index in [1.165, 1.54) is 23.0 Å². The Balaban J connectivity index is 1.10. The molecule has 7 rings (SSSR count). The van der Waals surface area contributed by atoms with E-state index >= 15 is 4.39 Å². The number of hydrogen-bond acceptors (Lipinski definition) is 7. The number of aryl methyl sites for hydroxylation is 2. The number of nitrogens with zero attached hydrogens (tertiary/aromatic N) is 4. The van der Waals surface area contributed by atoms with Crippen LogP contribution in [0.5, 0.6) is 11.5 Å². The van der Waals surface area contributed by atoms with Gasteiger partial charge in [-0.05, 0) is 74.2 Å². The lowest BCUT2D eigenvalue weighted by molar-refractivity contribution is 0.0115. The predicted molar refractivity (Wildman–Crippen MR) is 173 cm³/mol. The summed E-state index contributed by atoms with van der Waals surface area (Å²) in [5, 5.41) is 5.19. The van der Waals surface area contributed by atoms with E-state index in [4.69, 9.17) is 15.2 Å². The van der Waals surface area contributed by atoms with Crippen molar-refractivity contribution in [2.75, 3.05) is 50.0 Å². The number of morpholine rings is 1. The van der Waals surface area contributed by atoms with Gasteiger partial charge in [-0.1, -0.05) is 12.1 Å². The summed E-state index contributed by atoms with van der Waals surface area (Å²) in [4.78, 5) is 21.9. The van der Waals surface area contributed by atoms with Gasteiger partial charge in [0.05, 0.1) is 30.7 Å². The lowest BCUT2D eigenvalue weighted by Crippen LogP contribution is -2.49. The molecule has 0 amide bonds. The van der Waals surface area contributed by atoms with Crippen LogP contribution in [0.1, 0.15) is 40.0 Å². The van der Waals surface area contributed by atoms with Gasteiger partial charge in [0.1, 0.15) is 17.3 Å². The van der Waals surface area contributed by atoms with Gasteiger partial charge >= 0.3 is 0 Å². The highest BCUT2D eigenvalue weighted by Crippen LogP contribution is 2.33. The first-order chi connectivity index (χ1) is 22.3. The second-order valence-corrected chi connectivity index (χ2v) is 12.1. The van der Waals surface area contributed by atoms with Crippen molar-refractivity contribution in [1.82, 2.24) is 19.7 Å². The van der Waals surface area contributed by atoms with Crippen LogP contribution in [0.3, 0.4) is 0 Å². The third-order valence-corrected chi connectivity index (χ3v) is 9.10. The smallest absolute Gasteiger partial charge is 0.214 e. The van der Waals surface area contributed by atoms with Crippen molar-refractivity contribution < 1.29 is 23.0 Å². The van der Waals surface area contributed by atoms with Crippen LogP contribution in [0.25, 0.3) is 16.6 Å². The molecule has 3 N–H and O–H groups in total. The molecular formula is C35H36F2N6O3. The quantitative estimate of drug-likeness (QED) is 0.209. The number of H-pyrrole nitrogens is 1. The minimum atomic E-state index is -0.678. The Labute approximate surface area is 265 Å². The van der Waals surface area contributed by atoms with E-state index in [2.05, 4.69) is 38.9 Å². The van der Waals surface area contributed by atoms with E-state index in [-0.39, 0.29) is 34.4 Å². The van der Waals surface area contributed by atoms with Gasteiger partial charge in [0, 0.05) is 54.9 Å². The number of nitrogens with one attached hydrogen (secondary N) is 1. The molecule has 2 aliphatic heterocycles. The molecule has 9 nitrogen and oxygen atoms in total. The first kappa shape index (κ1) is 29.9. The molecule has 2 saturated heterocycles. The number of nitrogen functional groups attached to an aromatic ring is 1. The summed E-state index contributed by atoms with van der Waals surface area (Å²) in [5.74, 6) is -1.47. The maximum atomic E-state index is 15.4. The van der Waals surface area contributed by atoms with Crippen LogP contribution in [0.4, 0.5) is 20.3 Å². The van der Waals surface area contributed by atoms with E-state index in [0.717, 1.165) is 80.5 Å². The first-order valence-electron chi connectivity index (χ1n) is 15.6. The SMILES string of the molecule is Cc1cc2cc(C(=O)c3cnn(-c4c(C)cc(Oc5ccccc5F)cc4F)c3N)[nH]c2cc1N1CCC(N2CCOCC2)CC1. The highest BCUT2D eigenvalue weighted by molar-refractivity contribution is 6.12. The Morgan fingerprint density at radius 1 is 0.978 bits per heavy atom. The molecule has 0 bridgehead atoms. The fourth-order valence-electron chi connectivity index (χ4n) is 6.70. The van der Waals surface area contributed by atoms with Gasteiger partial charge in [-0.15, -0.1) is 0 Å². The molecule has 0 atom stereocenters. The molecule has 4 heterocycles. The molecule has 5 aromatic rings. The minimum absolute atomic E-state index is 0.00781. The molecule has 46 heavy (non-hydrogen) atoms. The number of carbonyl (C=O) groups excluding carboxylic acids is 1. The number of hydrogen-bond donors (Lipinski definition) is 2. The number of rotatable bonds is 7. The first-order valence-corrected chi connectivity index (χ1v) is 15.6. The molecule has 0 radical (unpaired) electrons. The van der Waals surface area contributed by atoms with Crippen molar-refractivity contribution in [3.63, 3.8) is 0 Å². The van der Waals surface area contributed by atoms with E-state index in [9.17, 15) is 9.18 Å². The molecule has 2 aromatic heterocycles. The van der Waals surface area contributed by atoms with Gasteiger partial charge in [-0.3, -0.25) is 9.69 Å². The molecule has 238 valence electrons. The number of aromatic amines is 1. The summed E-state index contributed by atoms with van der Waals surface area (Å²) in [7, 11) is 0. The monoisotopic (exact) mass is 626 g/mol. The zero-order chi connectivity index (χ0) is 31.9. The maximum Gasteiger partial charge on any atom is 0.214 e. The van der Waals surface area contributed by atoms with E-state index in [1.54, 1.807) is 25.1 Å². The lowest BCUT2D eigenvalue weighted by Gasteiger charge is -2.41. The largest absolute Gasteiger partial charge is 0.454 e. The predicted octanol–water partition coefficient (Wildman–Crippen LogP) is 6.16. The van der Waals surface area contributed by atoms with Crippen molar-refractivity contribution in [2.45, 2.75) is 32.7 Å². The van der Waals surface area contributed by atoms with Crippen LogP contribution >= 0.6 is 0 Å². The molecule has 0 saturated carbocycles. The number of piperidine rings is 1. The molecular weight excluding hydrogens is 590 g/mol. The number of ketones is 1. The Morgan fingerprint density at radius 3 is 2.48 bits per heavy atom. The van der Waals surface area contributed by atoms with Crippen molar-refractivity contribution >= 4 is 28.2 Å². The van der Waals surface area contributed by atoms with Crippen LogP contribution < -0.4 is 15.4 Å². The zero-order valence-corrected chi connectivity index (χ0v) is 25.9. The van der Waals surface area contributed by atoms with Crippen LogP contribution in [-0.4, -0.2) is 70.9 Å². The highest BCUT2D eigenvalue weighted by Gasteiger charge is 2.27. The summed E-state index contributed by atoms with van der Waals surface area (Å²) in [6.45, 7) is 9.35. The summed E-state index contributed by atoms with van der Waals surface area (Å²) in [5.41, 5.74) is 10.6. The van der Waals surface area contributed by atoms with E-state index < -0.39 is 11.6 Å². The molecule has 11 heteroatoms. The standard InChI is InChI=1S/C35H36F2N6O3/c1-21-15-23-17-30(40-29(23)19-31(21)42-9-7-24(8-10-42)41-11-13-45-14-12-41)34(44)26-20-39-43(35(26)38)33-22(2)16-25(18-28(33)37)46-32-6-4-3-5-27(32)36/h3-6,15-20,24,40H,7-14,38H2,1-2H3. The number of halogens is 2. The van der Waals surface area contributed by atoms with Gasteiger partial charge in [-0.2, -0.15) is 5.10 Å². The average Bonchev–Trinajstić information content (AvgIpc) is 3.64. The van der Waals surface area contributed by atoms with E-state index in [1.807, 2.05) is 6.07 Å². The third kappa shape index (κ3) is 5.60. The van der Waals surface area contributed by atoms with Crippen molar-refractivity contribution in [2.24, 2.45) is 0 Å². The minimum Gasteiger partial charge on any atom is -0.454 e. The summed E-state index contributed by atoms with van der Waals surface area (Å²) in [6.07, 6.45) is 3.56. The second kappa shape index (κ2) is 12.2. The summed E-state index contributed by atoms with van der Waals surface area (Å²) >= 11 is 0. The number of anilines is 2. The van der Waals surface area contributed by atoms with Crippen LogP contribution in [-0.2, 0) is 4.74 Å². The number of benzene rings is 3. The van der Waals surface area contributed by atoms with Crippen LogP contribution in [0, 0.1) is 25.5 Å². The number of nitrogens with two attached hydrogens (primary N) is 1. The summed E-state index contributed by atoms with van der Waals surface area (Å²) in [6, 6.07) is 15.2. The van der Waals surface area contributed by atoms with Crippen molar-refractivity contribution in [1.29, 1.82) is 0 Å². The molecule has 2 aliphatic rings. The van der Waals surface area contributed by atoms with Gasteiger partial charge in [0.2, 0.25) is 5.78 Å². The average molecular weight is 627 g/mol. The fourth-order valence-corrected chi connectivity index (χ4v) is 6.70. The maximum absolute atomic E-state index is 15.4. The topological polar surface area (TPSA) is 102 Å². The van der Waals surface area contributed by atoms with Crippen LogP contribution in [0.2, 0.25) is 0 Å². The lowest BCUT2D eigenvalue weighted by atomic mass is 10.0. The Bertz CT molecular complexity index is 1900. The zero-order valence-electron chi connectivity index (χ0n) is 25.9. The number of carbonyl (C=O) groups is 1. The van der Waals surface area contributed by atoms with E-state index in [0.29, 0.717) is 17.3 Å². The Kier molecular flexibility index (Phi) is 7.95. The Morgan fingerprint density at radius 2 is 1.74 bits per heavy atom. The molecule has 0 spiro atoms. The summed E-state index contributed by atoms with van der Waals surface area (Å²) < 4.78 is 41.8. The molecule has 0 unspecified atom stereocenters. The highest BCUT2D eigenvalue weighted by atomic mass is 19.1. The van der Waals surface area contributed by atoms with Gasteiger partial charge in [0.25, 0.3) is 0 Å². The normalized spacial score (nSPS) is 16.3. The molecule has 3 aromatic carbocycles. The van der Waals surface area contributed by atoms with Crippen LogP contribution in [0.15, 0.2) is 60.8 Å². The number of para-hydroxylation sites is 1. The third-order valence-electron chi connectivity index (χ3n) is 9.10. The fraction of sp³-hybridized carbons (Fsp3) is 0.314. The Hall–Kier alpha value is -4.74.